The lowest BCUT2D eigenvalue weighted by atomic mass is 9.85. The number of benzene rings is 2. The molecule has 2 atom stereocenters. The molecule has 3 aromatic rings. The highest BCUT2D eigenvalue weighted by Crippen LogP contribution is 2.44. The Kier molecular flexibility index (Phi) is 8.98. The molecule has 0 radical (unpaired) electrons. The highest BCUT2D eigenvalue weighted by molar-refractivity contribution is 5.97. The first-order valence-corrected chi connectivity index (χ1v) is 15.7. The van der Waals surface area contributed by atoms with Crippen LogP contribution in [0, 0.1) is 17.6 Å². The average Bonchev–Trinajstić information content (AvgIpc) is 3.79. The number of carboxylic acids is 1. The molecule has 2 N–H and O–H groups in total. The van der Waals surface area contributed by atoms with Gasteiger partial charge in [0.2, 0.25) is 11.6 Å². The van der Waals surface area contributed by atoms with Gasteiger partial charge in [-0.15, -0.1) is 0 Å². The summed E-state index contributed by atoms with van der Waals surface area (Å²) in [4.78, 5) is 33.0. The summed E-state index contributed by atoms with van der Waals surface area (Å²) in [6.07, 6.45) is 2.35. The molecule has 1 saturated carbocycles. The lowest BCUT2D eigenvalue weighted by Crippen LogP contribution is -2.46. The van der Waals surface area contributed by atoms with Gasteiger partial charge in [0, 0.05) is 62.3 Å². The second kappa shape index (κ2) is 12.9. The molecule has 3 fully saturated rings. The molecule has 14 heteroatoms. The van der Waals surface area contributed by atoms with Gasteiger partial charge in [0.1, 0.15) is 11.6 Å². The summed E-state index contributed by atoms with van der Waals surface area (Å²) in [5.74, 6) is -5.62. The highest BCUT2D eigenvalue weighted by atomic mass is 19.4. The predicted molar refractivity (Wildman–Crippen MR) is 161 cm³/mol. The van der Waals surface area contributed by atoms with Crippen molar-refractivity contribution in [1.29, 1.82) is 0 Å². The Balaban J connectivity index is 1.26. The highest BCUT2D eigenvalue weighted by Gasteiger charge is 2.56. The average molecular weight is 664 g/mol. The topological polar surface area (TPSA) is 90.7 Å². The molecule has 6 rings (SSSR count). The van der Waals surface area contributed by atoms with Gasteiger partial charge in [0.25, 0.3) is 5.91 Å². The van der Waals surface area contributed by atoms with Crippen LogP contribution in [0.5, 0.6) is 0 Å². The molecule has 8 nitrogen and oxygen atoms in total. The zero-order chi connectivity index (χ0) is 33.5. The Morgan fingerprint density at radius 3 is 2.40 bits per heavy atom. The molecule has 1 aliphatic carbocycles. The van der Waals surface area contributed by atoms with E-state index in [-0.39, 0.29) is 68.8 Å². The second-order valence-electron chi connectivity index (χ2n) is 12.7. The number of hydrogen-bond acceptors (Lipinski definition) is 5. The number of amides is 1. The monoisotopic (exact) mass is 663 g/mol. The Labute approximate surface area is 267 Å². The van der Waals surface area contributed by atoms with Crippen molar-refractivity contribution >= 4 is 23.5 Å². The first kappa shape index (κ1) is 32.9. The number of nitrogens with zero attached hydrogens (tertiary/aromatic N) is 4. The molecule has 3 heterocycles. The molecule has 47 heavy (non-hydrogen) atoms. The summed E-state index contributed by atoms with van der Waals surface area (Å²) in [6.45, 7) is 0.218. The number of anilines is 2. The van der Waals surface area contributed by atoms with Gasteiger partial charge in [-0.05, 0) is 55.0 Å². The quantitative estimate of drug-likeness (QED) is 0.279. The summed E-state index contributed by atoms with van der Waals surface area (Å²) in [6, 6.07) is 6.21. The SMILES string of the molecule is O=C(O)C1CCN(c2cc(C(F)(F)F)ccc2Cn2ccnc2NC(=O)[C@]2(F)CN(C3CCCC3)C[C@H]2c2ccc(F)cc2F)CC1. The van der Waals surface area contributed by atoms with E-state index in [1.165, 1.54) is 29.1 Å². The maximum Gasteiger partial charge on any atom is 0.416 e. The van der Waals surface area contributed by atoms with Crippen LogP contribution < -0.4 is 10.2 Å². The van der Waals surface area contributed by atoms with Gasteiger partial charge in [0.05, 0.1) is 18.0 Å². The van der Waals surface area contributed by atoms with Crippen molar-refractivity contribution < 1.29 is 41.0 Å². The van der Waals surface area contributed by atoms with Crippen LogP contribution in [0.25, 0.3) is 0 Å². The maximum atomic E-state index is 17.0. The van der Waals surface area contributed by atoms with Gasteiger partial charge in [-0.1, -0.05) is 25.0 Å². The third-order valence-corrected chi connectivity index (χ3v) is 9.84. The number of aromatic nitrogens is 2. The summed E-state index contributed by atoms with van der Waals surface area (Å²) in [5, 5.41) is 11.9. The number of hydrogen-bond donors (Lipinski definition) is 2. The minimum absolute atomic E-state index is 0.0343. The van der Waals surface area contributed by atoms with E-state index in [9.17, 15) is 36.6 Å². The normalized spacial score (nSPS) is 23.0. The number of imidazole rings is 1. The molecule has 3 aliphatic rings. The van der Waals surface area contributed by atoms with E-state index in [2.05, 4.69) is 10.3 Å². The zero-order valence-corrected chi connectivity index (χ0v) is 25.4. The lowest BCUT2D eigenvalue weighted by molar-refractivity contribution is -0.142. The number of aliphatic carboxylic acids is 1. The lowest BCUT2D eigenvalue weighted by Gasteiger charge is -2.34. The molecule has 0 bridgehead atoms. The minimum atomic E-state index is -4.61. The first-order valence-electron chi connectivity index (χ1n) is 15.7. The maximum absolute atomic E-state index is 17.0. The number of carboxylic acid groups (broad SMARTS) is 1. The number of halogens is 6. The Morgan fingerprint density at radius 2 is 1.74 bits per heavy atom. The van der Waals surface area contributed by atoms with Crippen LogP contribution in [-0.4, -0.2) is 69.3 Å². The number of alkyl halides is 4. The number of nitrogens with one attached hydrogen (secondary N) is 1. The van der Waals surface area contributed by atoms with Gasteiger partial charge >= 0.3 is 12.1 Å². The summed E-state index contributed by atoms with van der Waals surface area (Å²) < 4.78 is 88.3. The molecule has 1 aromatic heterocycles. The number of likely N-dealkylation sites (tertiary alicyclic amines) is 1. The van der Waals surface area contributed by atoms with E-state index in [0.29, 0.717) is 11.6 Å². The molecule has 2 saturated heterocycles. The fourth-order valence-corrected chi connectivity index (χ4v) is 7.24. The zero-order valence-electron chi connectivity index (χ0n) is 25.4. The third-order valence-electron chi connectivity index (χ3n) is 9.84. The third kappa shape index (κ3) is 6.69. The molecule has 0 spiro atoms. The van der Waals surface area contributed by atoms with E-state index in [1.807, 2.05) is 4.90 Å². The van der Waals surface area contributed by atoms with E-state index < -0.39 is 52.8 Å². The van der Waals surface area contributed by atoms with Crippen molar-refractivity contribution in [3.8, 4) is 0 Å². The summed E-state index contributed by atoms with van der Waals surface area (Å²) in [7, 11) is 0. The van der Waals surface area contributed by atoms with Crippen molar-refractivity contribution in [2.45, 2.75) is 68.9 Å². The molecular weight excluding hydrogens is 628 g/mol. The number of rotatable bonds is 8. The fraction of sp³-hybridized carbons (Fsp3) is 0.485. The van der Waals surface area contributed by atoms with Crippen LogP contribution in [0.1, 0.15) is 61.1 Å². The minimum Gasteiger partial charge on any atom is -0.481 e. The van der Waals surface area contributed by atoms with Gasteiger partial charge in [0.15, 0.2) is 0 Å². The second-order valence-corrected chi connectivity index (χ2v) is 12.7. The van der Waals surface area contributed by atoms with Crippen molar-refractivity contribution in [1.82, 2.24) is 14.5 Å². The number of carbonyl (C=O) groups excluding carboxylic acids is 1. The van der Waals surface area contributed by atoms with E-state index in [1.54, 1.807) is 4.90 Å². The van der Waals surface area contributed by atoms with E-state index in [4.69, 9.17) is 0 Å². The largest absolute Gasteiger partial charge is 0.481 e. The Bertz CT molecular complexity index is 1630. The molecule has 1 amide bonds. The Hall–Kier alpha value is -4.07. The van der Waals surface area contributed by atoms with Crippen molar-refractivity contribution in [2.24, 2.45) is 5.92 Å². The van der Waals surface area contributed by atoms with Gasteiger partial charge in [-0.2, -0.15) is 13.2 Å². The summed E-state index contributed by atoms with van der Waals surface area (Å²) >= 11 is 0. The van der Waals surface area contributed by atoms with Crippen LogP contribution >= 0.6 is 0 Å². The van der Waals surface area contributed by atoms with Crippen molar-refractivity contribution in [3.63, 3.8) is 0 Å². The smallest absolute Gasteiger partial charge is 0.416 e. The fourth-order valence-electron chi connectivity index (χ4n) is 7.24. The molecule has 252 valence electrons. The number of carbonyl (C=O) groups is 2. The molecule has 2 aromatic carbocycles. The van der Waals surface area contributed by atoms with Crippen LogP contribution in [0.2, 0.25) is 0 Å². The van der Waals surface area contributed by atoms with Crippen LogP contribution in [0.4, 0.5) is 38.0 Å². The van der Waals surface area contributed by atoms with Gasteiger partial charge in [-0.3, -0.25) is 19.8 Å². The van der Waals surface area contributed by atoms with Crippen molar-refractivity contribution in [3.05, 3.63) is 77.1 Å². The van der Waals surface area contributed by atoms with Crippen LogP contribution in [-0.2, 0) is 22.3 Å². The Morgan fingerprint density at radius 1 is 1.02 bits per heavy atom. The molecular formula is C33H35F6N5O3. The van der Waals surface area contributed by atoms with Crippen LogP contribution in [0.3, 0.4) is 0 Å². The number of piperidine rings is 1. The van der Waals surface area contributed by atoms with Gasteiger partial charge < -0.3 is 14.6 Å². The first-order chi connectivity index (χ1) is 22.3. The molecule has 2 aliphatic heterocycles. The predicted octanol–water partition coefficient (Wildman–Crippen LogP) is 6.22. The molecule has 0 unspecified atom stereocenters. The van der Waals surface area contributed by atoms with Crippen LogP contribution in [0.15, 0.2) is 48.8 Å². The van der Waals surface area contributed by atoms with Crippen molar-refractivity contribution in [2.75, 3.05) is 36.4 Å². The standard InChI is InChI=1S/C33H35F6N5O3/c34-23-7-8-25(27(35)16-23)26-18-44(24-3-1-2-4-24)19-32(26,36)30(47)41-31-40-11-14-43(31)17-21-5-6-22(33(37,38)39)15-28(21)42-12-9-20(10-13-42)29(45)46/h5-8,11,14-16,20,24,26H,1-4,9-10,12-13,17-19H2,(H,45,46)(H,40,41,47)/t26-,32-/m0/s1. The summed E-state index contributed by atoms with van der Waals surface area (Å²) in [5.41, 5.74) is -2.83. The van der Waals surface area contributed by atoms with Gasteiger partial charge in [-0.25, -0.2) is 18.2 Å². The van der Waals surface area contributed by atoms with E-state index in [0.717, 1.165) is 43.9 Å². The van der Waals surface area contributed by atoms with E-state index >= 15 is 4.39 Å².